The van der Waals surface area contributed by atoms with Gasteiger partial charge in [-0.1, -0.05) is 24.6 Å². The maximum atomic E-state index is 13.1. The molecular weight excluding hydrogens is 291 g/mol. The van der Waals surface area contributed by atoms with E-state index in [0.717, 1.165) is 19.5 Å². The predicted molar refractivity (Wildman–Crippen MR) is 72.1 cm³/mol. The third-order valence-electron chi connectivity index (χ3n) is 3.56. The Morgan fingerprint density at radius 2 is 2.20 bits per heavy atom. The molecule has 1 N–H and O–H groups in total. The molecule has 0 radical (unpaired) electrons. The van der Waals surface area contributed by atoms with Gasteiger partial charge < -0.3 is 10.1 Å². The van der Waals surface area contributed by atoms with Crippen molar-refractivity contribution in [3.8, 4) is 5.75 Å². The molecule has 2 rings (SSSR count). The van der Waals surface area contributed by atoms with E-state index in [1.165, 1.54) is 18.2 Å². The fraction of sp³-hybridized carbons (Fsp3) is 0.571. The SMILES string of the molecule is CC[C@@H](Oc1cccc(Cl)c1C(F)(F)F)[C@H]1CCNC1. The summed E-state index contributed by atoms with van der Waals surface area (Å²) in [5, 5.41) is 2.88. The molecule has 0 aliphatic carbocycles. The second-order valence-corrected chi connectivity index (χ2v) is 5.34. The number of nitrogens with one attached hydrogen (secondary N) is 1. The molecule has 1 heterocycles. The van der Waals surface area contributed by atoms with E-state index in [1.807, 2.05) is 6.92 Å². The highest BCUT2D eigenvalue weighted by atomic mass is 35.5. The van der Waals surface area contributed by atoms with Crippen LogP contribution in [0.25, 0.3) is 0 Å². The molecule has 20 heavy (non-hydrogen) atoms. The Balaban J connectivity index is 2.26. The molecule has 0 bridgehead atoms. The Kier molecular flexibility index (Phi) is 4.81. The molecule has 2 atom stereocenters. The van der Waals surface area contributed by atoms with Gasteiger partial charge in [0.25, 0.3) is 0 Å². The van der Waals surface area contributed by atoms with Gasteiger partial charge in [0.2, 0.25) is 0 Å². The van der Waals surface area contributed by atoms with Crippen molar-refractivity contribution in [3.05, 3.63) is 28.8 Å². The van der Waals surface area contributed by atoms with Crippen molar-refractivity contribution < 1.29 is 17.9 Å². The number of alkyl halides is 3. The van der Waals surface area contributed by atoms with Gasteiger partial charge in [0.05, 0.1) is 5.02 Å². The second-order valence-electron chi connectivity index (χ2n) is 4.93. The monoisotopic (exact) mass is 307 g/mol. The molecular formula is C14H17ClF3NO. The molecule has 0 unspecified atom stereocenters. The molecule has 2 nitrogen and oxygen atoms in total. The van der Waals surface area contributed by atoms with Crippen LogP contribution in [0.4, 0.5) is 13.2 Å². The van der Waals surface area contributed by atoms with E-state index in [-0.39, 0.29) is 22.8 Å². The predicted octanol–water partition coefficient (Wildman–Crippen LogP) is 4.13. The lowest BCUT2D eigenvalue weighted by molar-refractivity contribution is -0.139. The third kappa shape index (κ3) is 3.38. The van der Waals surface area contributed by atoms with Gasteiger partial charge in [-0.2, -0.15) is 13.2 Å². The summed E-state index contributed by atoms with van der Waals surface area (Å²) in [4.78, 5) is 0. The lowest BCUT2D eigenvalue weighted by atomic mass is 9.99. The van der Waals surface area contributed by atoms with Crippen LogP contribution in [-0.2, 0) is 6.18 Å². The molecule has 0 amide bonds. The average molecular weight is 308 g/mol. The summed E-state index contributed by atoms with van der Waals surface area (Å²) >= 11 is 5.69. The number of halogens is 4. The molecule has 0 saturated carbocycles. The molecule has 1 aromatic rings. The minimum Gasteiger partial charge on any atom is -0.489 e. The lowest BCUT2D eigenvalue weighted by Crippen LogP contribution is -2.29. The van der Waals surface area contributed by atoms with Crippen molar-refractivity contribution in [2.24, 2.45) is 5.92 Å². The number of ether oxygens (including phenoxy) is 1. The van der Waals surface area contributed by atoms with Crippen molar-refractivity contribution >= 4 is 11.6 Å². The zero-order valence-electron chi connectivity index (χ0n) is 11.1. The van der Waals surface area contributed by atoms with E-state index in [1.54, 1.807) is 0 Å². The van der Waals surface area contributed by atoms with Gasteiger partial charge in [0.15, 0.2) is 0 Å². The summed E-state index contributed by atoms with van der Waals surface area (Å²) < 4.78 is 44.8. The van der Waals surface area contributed by atoms with E-state index >= 15 is 0 Å². The van der Waals surface area contributed by atoms with Crippen LogP contribution in [0.5, 0.6) is 5.75 Å². The second kappa shape index (κ2) is 6.22. The summed E-state index contributed by atoms with van der Waals surface area (Å²) in [5.41, 5.74) is -0.883. The van der Waals surface area contributed by atoms with E-state index in [0.29, 0.717) is 6.42 Å². The molecule has 0 spiro atoms. The molecule has 1 fully saturated rings. The van der Waals surface area contributed by atoms with Gasteiger partial charge in [-0.3, -0.25) is 0 Å². The average Bonchev–Trinajstić information content (AvgIpc) is 2.88. The maximum Gasteiger partial charge on any atom is 0.421 e. The van der Waals surface area contributed by atoms with E-state index in [4.69, 9.17) is 16.3 Å². The molecule has 6 heteroatoms. The first-order valence-electron chi connectivity index (χ1n) is 6.66. The van der Waals surface area contributed by atoms with Crippen molar-refractivity contribution in [3.63, 3.8) is 0 Å². The molecule has 1 aliphatic heterocycles. The highest BCUT2D eigenvalue weighted by molar-refractivity contribution is 6.31. The highest BCUT2D eigenvalue weighted by Crippen LogP contribution is 2.41. The van der Waals surface area contributed by atoms with E-state index < -0.39 is 11.7 Å². The normalized spacial score (nSPS) is 20.9. The van der Waals surface area contributed by atoms with Crippen LogP contribution < -0.4 is 10.1 Å². The van der Waals surface area contributed by atoms with Crippen LogP contribution in [0.3, 0.4) is 0 Å². The summed E-state index contributed by atoms with van der Waals surface area (Å²) in [6, 6.07) is 4.04. The topological polar surface area (TPSA) is 21.3 Å². The number of hydrogen-bond acceptors (Lipinski definition) is 2. The lowest BCUT2D eigenvalue weighted by Gasteiger charge is -2.25. The Morgan fingerprint density at radius 1 is 1.45 bits per heavy atom. The zero-order valence-corrected chi connectivity index (χ0v) is 11.9. The van der Waals surface area contributed by atoms with Crippen LogP contribution >= 0.6 is 11.6 Å². The van der Waals surface area contributed by atoms with Gasteiger partial charge in [-0.25, -0.2) is 0 Å². The number of rotatable bonds is 4. The van der Waals surface area contributed by atoms with Crippen LogP contribution in [-0.4, -0.2) is 19.2 Å². The molecule has 1 aliphatic rings. The van der Waals surface area contributed by atoms with E-state index in [9.17, 15) is 13.2 Å². The van der Waals surface area contributed by atoms with Gasteiger partial charge in [-0.15, -0.1) is 0 Å². The molecule has 1 aromatic carbocycles. The Bertz CT molecular complexity index is 458. The van der Waals surface area contributed by atoms with Crippen LogP contribution in [0.15, 0.2) is 18.2 Å². The van der Waals surface area contributed by atoms with Crippen LogP contribution in [0.2, 0.25) is 5.02 Å². The first-order chi connectivity index (χ1) is 9.43. The van der Waals surface area contributed by atoms with Crippen molar-refractivity contribution in [2.45, 2.75) is 32.0 Å². The fourth-order valence-electron chi connectivity index (χ4n) is 2.55. The zero-order chi connectivity index (χ0) is 14.8. The quantitative estimate of drug-likeness (QED) is 0.903. The first-order valence-corrected chi connectivity index (χ1v) is 7.04. The Labute approximate surface area is 121 Å². The standard InChI is InChI=1S/C14H17ClF3NO/c1-2-11(9-6-7-19-8-9)20-12-5-3-4-10(15)13(12)14(16,17)18/h3-5,9,11,19H,2,6-8H2,1H3/t9-,11+/m0/s1. The molecule has 1 saturated heterocycles. The highest BCUT2D eigenvalue weighted by Gasteiger charge is 2.38. The van der Waals surface area contributed by atoms with Crippen LogP contribution in [0.1, 0.15) is 25.3 Å². The van der Waals surface area contributed by atoms with Gasteiger partial charge in [-0.05, 0) is 31.5 Å². The summed E-state index contributed by atoms with van der Waals surface area (Å²) in [6.07, 6.45) is -3.17. The fourth-order valence-corrected chi connectivity index (χ4v) is 2.82. The molecule has 0 aromatic heterocycles. The van der Waals surface area contributed by atoms with Gasteiger partial charge >= 0.3 is 6.18 Å². The smallest absolute Gasteiger partial charge is 0.421 e. The van der Waals surface area contributed by atoms with Gasteiger partial charge in [0, 0.05) is 12.5 Å². The maximum absolute atomic E-state index is 13.1. The summed E-state index contributed by atoms with van der Waals surface area (Å²) in [6.45, 7) is 3.58. The minimum atomic E-state index is -4.51. The van der Waals surface area contributed by atoms with Crippen molar-refractivity contribution in [2.75, 3.05) is 13.1 Å². The molecule has 112 valence electrons. The van der Waals surface area contributed by atoms with Gasteiger partial charge in [0.1, 0.15) is 17.4 Å². The number of hydrogen-bond donors (Lipinski definition) is 1. The summed E-state index contributed by atoms with van der Waals surface area (Å²) in [5.74, 6) is 0.0591. The van der Waals surface area contributed by atoms with Crippen molar-refractivity contribution in [1.29, 1.82) is 0 Å². The number of benzene rings is 1. The Hall–Kier alpha value is -0.940. The largest absolute Gasteiger partial charge is 0.489 e. The minimum absolute atomic E-state index is 0.177. The Morgan fingerprint density at radius 3 is 2.75 bits per heavy atom. The third-order valence-corrected chi connectivity index (χ3v) is 3.88. The first kappa shape index (κ1) is 15.4. The van der Waals surface area contributed by atoms with E-state index in [2.05, 4.69) is 5.32 Å². The van der Waals surface area contributed by atoms with Crippen molar-refractivity contribution in [1.82, 2.24) is 5.32 Å². The summed E-state index contributed by atoms with van der Waals surface area (Å²) in [7, 11) is 0. The van der Waals surface area contributed by atoms with Crippen LogP contribution in [0, 0.1) is 5.92 Å².